The number of rotatable bonds is 4. The summed E-state index contributed by atoms with van der Waals surface area (Å²) in [5, 5.41) is 22.6. The maximum atomic E-state index is 13.5. The number of carboxylic acid groups (broad SMARTS) is 1. The van der Waals surface area contributed by atoms with Crippen LogP contribution < -0.4 is 5.32 Å². The Kier molecular flexibility index (Phi) is 3.84. The van der Waals surface area contributed by atoms with Gasteiger partial charge in [0.25, 0.3) is 0 Å². The summed E-state index contributed by atoms with van der Waals surface area (Å²) in [4.78, 5) is 21.0. The van der Waals surface area contributed by atoms with E-state index >= 15 is 0 Å². The Morgan fingerprint density at radius 1 is 1.33 bits per heavy atom. The average Bonchev–Trinajstić information content (AvgIpc) is 2.37. The minimum atomic E-state index is -1.06. The lowest BCUT2D eigenvalue weighted by Gasteiger charge is -2.09. The second-order valence-corrected chi connectivity index (χ2v) is 4.35. The van der Waals surface area contributed by atoms with E-state index in [1.807, 2.05) is 0 Å². The van der Waals surface area contributed by atoms with Crippen molar-refractivity contribution in [2.45, 2.75) is 6.92 Å². The van der Waals surface area contributed by atoms with Gasteiger partial charge in [0, 0.05) is 5.69 Å². The van der Waals surface area contributed by atoms with Gasteiger partial charge in [0.2, 0.25) is 5.82 Å². The van der Waals surface area contributed by atoms with Crippen LogP contribution in [0.3, 0.4) is 0 Å². The van der Waals surface area contributed by atoms with Crippen LogP contribution in [0.4, 0.5) is 21.5 Å². The van der Waals surface area contributed by atoms with Gasteiger partial charge in [-0.05, 0) is 42.8 Å². The fraction of sp³-hybridized carbons (Fsp3) is 0.0714. The Labute approximate surface area is 119 Å². The van der Waals surface area contributed by atoms with Crippen LogP contribution in [-0.4, -0.2) is 16.0 Å². The molecule has 0 amide bonds. The van der Waals surface area contributed by atoms with Crippen LogP contribution in [0.15, 0.2) is 36.4 Å². The van der Waals surface area contributed by atoms with Crippen molar-refractivity contribution in [2.24, 2.45) is 0 Å². The number of nitro groups is 1. The number of nitrogens with zero attached hydrogens (tertiary/aromatic N) is 1. The van der Waals surface area contributed by atoms with Crippen molar-refractivity contribution in [1.82, 2.24) is 0 Å². The van der Waals surface area contributed by atoms with E-state index in [2.05, 4.69) is 5.32 Å². The molecule has 21 heavy (non-hydrogen) atoms. The van der Waals surface area contributed by atoms with Crippen LogP contribution in [0.25, 0.3) is 0 Å². The lowest BCUT2D eigenvalue weighted by Crippen LogP contribution is -2.02. The van der Waals surface area contributed by atoms with Crippen molar-refractivity contribution in [3.63, 3.8) is 0 Å². The summed E-state index contributed by atoms with van der Waals surface area (Å²) >= 11 is 0. The van der Waals surface area contributed by atoms with Gasteiger partial charge in [0.05, 0.1) is 10.5 Å². The normalized spacial score (nSPS) is 10.2. The highest BCUT2D eigenvalue weighted by atomic mass is 19.1. The number of anilines is 2. The standard InChI is InChI=1S/C14H11FN2O4/c1-8-7-9(5-6-10(8)14(18)19)16-12-4-2-3-11(15)13(12)17(20)21/h2-7,16H,1H3,(H,18,19). The number of carbonyl (C=O) groups is 1. The van der Waals surface area contributed by atoms with E-state index in [-0.39, 0.29) is 11.3 Å². The van der Waals surface area contributed by atoms with Gasteiger partial charge in [-0.25, -0.2) is 4.79 Å². The maximum absolute atomic E-state index is 13.5. The second-order valence-electron chi connectivity index (χ2n) is 4.35. The first-order valence-corrected chi connectivity index (χ1v) is 5.94. The Morgan fingerprint density at radius 3 is 2.62 bits per heavy atom. The summed E-state index contributed by atoms with van der Waals surface area (Å²) in [6, 6.07) is 8.10. The molecule has 0 fully saturated rings. The summed E-state index contributed by atoms with van der Waals surface area (Å²) in [5.74, 6) is -2.00. The topological polar surface area (TPSA) is 92.5 Å². The van der Waals surface area contributed by atoms with Gasteiger partial charge in [-0.3, -0.25) is 10.1 Å². The molecular formula is C14H11FN2O4. The molecule has 108 valence electrons. The highest BCUT2D eigenvalue weighted by molar-refractivity contribution is 5.90. The molecule has 2 aromatic carbocycles. The third-order valence-corrected chi connectivity index (χ3v) is 2.91. The van der Waals surface area contributed by atoms with Gasteiger partial charge in [-0.1, -0.05) is 6.07 Å². The number of carboxylic acids is 1. The molecule has 0 bridgehead atoms. The minimum absolute atomic E-state index is 0.00229. The molecule has 0 aliphatic heterocycles. The molecule has 0 saturated heterocycles. The number of hydrogen-bond acceptors (Lipinski definition) is 4. The zero-order valence-corrected chi connectivity index (χ0v) is 11.0. The second kappa shape index (κ2) is 5.58. The first-order valence-electron chi connectivity index (χ1n) is 5.94. The van der Waals surface area contributed by atoms with E-state index in [9.17, 15) is 19.3 Å². The molecule has 0 aliphatic carbocycles. The average molecular weight is 290 g/mol. The number of hydrogen-bond donors (Lipinski definition) is 2. The summed E-state index contributed by atoms with van der Waals surface area (Å²) < 4.78 is 13.5. The number of nitro benzene ring substituents is 1. The first-order chi connectivity index (χ1) is 9.90. The predicted octanol–water partition coefficient (Wildman–Crippen LogP) is 3.48. The van der Waals surface area contributed by atoms with Gasteiger partial charge in [-0.15, -0.1) is 0 Å². The summed E-state index contributed by atoms with van der Waals surface area (Å²) in [6.07, 6.45) is 0. The zero-order chi connectivity index (χ0) is 15.6. The van der Waals surface area contributed by atoms with Crippen molar-refractivity contribution in [1.29, 1.82) is 0 Å². The van der Waals surface area contributed by atoms with E-state index in [1.54, 1.807) is 6.92 Å². The molecule has 0 atom stereocenters. The van der Waals surface area contributed by atoms with Gasteiger partial charge < -0.3 is 10.4 Å². The van der Waals surface area contributed by atoms with Crippen LogP contribution in [0.2, 0.25) is 0 Å². The minimum Gasteiger partial charge on any atom is -0.478 e. The summed E-state index contributed by atoms with van der Waals surface area (Å²) in [6.45, 7) is 1.61. The van der Waals surface area contributed by atoms with E-state index in [0.717, 1.165) is 6.07 Å². The number of nitrogens with one attached hydrogen (secondary N) is 1. The molecule has 6 nitrogen and oxygen atoms in total. The van der Waals surface area contributed by atoms with Crippen molar-refractivity contribution in [3.05, 3.63) is 63.5 Å². The Hall–Kier alpha value is -2.96. The number of benzene rings is 2. The lowest BCUT2D eigenvalue weighted by atomic mass is 10.1. The van der Waals surface area contributed by atoms with Crippen LogP contribution in [0, 0.1) is 22.9 Å². The molecule has 0 radical (unpaired) electrons. The quantitative estimate of drug-likeness (QED) is 0.664. The number of halogens is 1. The molecule has 0 spiro atoms. The number of para-hydroxylation sites is 1. The molecule has 2 rings (SSSR count). The van der Waals surface area contributed by atoms with Crippen molar-refractivity contribution < 1.29 is 19.2 Å². The number of aromatic carboxylic acids is 1. The number of aryl methyl sites for hydroxylation is 1. The van der Waals surface area contributed by atoms with Gasteiger partial charge >= 0.3 is 11.7 Å². The largest absolute Gasteiger partial charge is 0.478 e. The van der Waals surface area contributed by atoms with E-state index in [0.29, 0.717) is 11.3 Å². The monoisotopic (exact) mass is 290 g/mol. The molecule has 2 aromatic rings. The molecule has 0 saturated carbocycles. The van der Waals surface area contributed by atoms with E-state index in [4.69, 9.17) is 5.11 Å². The zero-order valence-electron chi connectivity index (χ0n) is 11.0. The smallest absolute Gasteiger partial charge is 0.335 e. The molecular weight excluding hydrogens is 279 g/mol. The third-order valence-electron chi connectivity index (χ3n) is 2.91. The van der Waals surface area contributed by atoms with Crippen LogP contribution >= 0.6 is 0 Å². The lowest BCUT2D eigenvalue weighted by molar-refractivity contribution is -0.386. The summed E-state index contributed by atoms with van der Waals surface area (Å²) in [5.41, 5.74) is 0.409. The van der Waals surface area contributed by atoms with Gasteiger partial charge in [-0.2, -0.15) is 4.39 Å². The molecule has 2 N–H and O–H groups in total. The van der Waals surface area contributed by atoms with Crippen LogP contribution in [0.5, 0.6) is 0 Å². The molecule has 0 heterocycles. The molecule has 0 aliphatic rings. The highest BCUT2D eigenvalue weighted by Gasteiger charge is 2.20. The Bertz CT molecular complexity index is 731. The summed E-state index contributed by atoms with van der Waals surface area (Å²) in [7, 11) is 0. The Balaban J connectivity index is 2.39. The van der Waals surface area contributed by atoms with Crippen molar-refractivity contribution in [2.75, 3.05) is 5.32 Å². The van der Waals surface area contributed by atoms with E-state index in [1.165, 1.54) is 30.3 Å². The van der Waals surface area contributed by atoms with Crippen molar-refractivity contribution >= 4 is 23.0 Å². The molecule has 7 heteroatoms. The van der Waals surface area contributed by atoms with Crippen LogP contribution in [-0.2, 0) is 0 Å². The highest BCUT2D eigenvalue weighted by Crippen LogP contribution is 2.30. The fourth-order valence-electron chi connectivity index (χ4n) is 1.94. The van der Waals surface area contributed by atoms with E-state index < -0.39 is 22.4 Å². The predicted molar refractivity (Wildman–Crippen MR) is 74.5 cm³/mol. The molecule has 0 aromatic heterocycles. The van der Waals surface area contributed by atoms with Gasteiger partial charge in [0.1, 0.15) is 5.69 Å². The SMILES string of the molecule is Cc1cc(Nc2cccc(F)c2[N+](=O)[O-])ccc1C(=O)O. The third kappa shape index (κ3) is 2.97. The molecule has 0 unspecified atom stereocenters. The van der Waals surface area contributed by atoms with Crippen LogP contribution in [0.1, 0.15) is 15.9 Å². The first kappa shape index (κ1) is 14.4. The van der Waals surface area contributed by atoms with Crippen molar-refractivity contribution in [3.8, 4) is 0 Å². The van der Waals surface area contributed by atoms with Gasteiger partial charge in [0.15, 0.2) is 0 Å². The fourth-order valence-corrected chi connectivity index (χ4v) is 1.94. The maximum Gasteiger partial charge on any atom is 0.335 e. The Morgan fingerprint density at radius 2 is 2.05 bits per heavy atom.